The average molecular weight is 514 g/mol. The zero-order valence-corrected chi connectivity index (χ0v) is 20.6. The number of para-hydroxylation sites is 1. The van der Waals surface area contributed by atoms with Crippen LogP contribution in [0, 0.1) is 10.1 Å². The zero-order valence-electron chi connectivity index (χ0n) is 19.7. The molecule has 0 bridgehead atoms. The Labute approximate surface area is 217 Å². The molecule has 3 aromatic carbocycles. The Hall–Kier alpha value is -4.31. The predicted molar refractivity (Wildman–Crippen MR) is 143 cm³/mol. The van der Waals surface area contributed by atoms with E-state index >= 15 is 0 Å². The number of nitro groups is 1. The summed E-state index contributed by atoms with van der Waals surface area (Å²) in [5.74, 6) is 0.422. The quantitative estimate of drug-likeness (QED) is 0.357. The molecule has 0 saturated carbocycles. The number of nitrogens with zero attached hydrogens (tertiary/aromatic N) is 4. The fourth-order valence-electron chi connectivity index (χ4n) is 4.13. The Morgan fingerprint density at radius 2 is 1.73 bits per heavy atom. The van der Waals surface area contributed by atoms with Gasteiger partial charge in [-0.3, -0.25) is 24.7 Å². The van der Waals surface area contributed by atoms with Gasteiger partial charge in [0.15, 0.2) is 5.17 Å². The van der Waals surface area contributed by atoms with Crippen molar-refractivity contribution < 1.29 is 14.5 Å². The standard InChI is InChI=1S/C27H23N5O4S/c33-24(28-15-14-18-6-2-1-3-7-18)16-23-26(34)31-25(29-23)21-8-4-5-9-22(21)30-27(31)37-17-19-10-12-20(13-11-19)32(35)36/h1-13,23H,14-17H2,(H,28,33)/t23-/m0/s1. The third kappa shape index (κ3) is 5.44. The molecular weight excluding hydrogens is 490 g/mol. The molecule has 0 aliphatic carbocycles. The highest BCUT2D eigenvalue weighted by Crippen LogP contribution is 2.35. The zero-order chi connectivity index (χ0) is 25.8. The van der Waals surface area contributed by atoms with Gasteiger partial charge in [-0.05, 0) is 29.7 Å². The summed E-state index contributed by atoms with van der Waals surface area (Å²) < 4.78 is 0. The van der Waals surface area contributed by atoms with Crippen LogP contribution in [0.15, 0.2) is 88.8 Å². The summed E-state index contributed by atoms with van der Waals surface area (Å²) in [6.45, 7) is 0.477. The number of fused-ring (bicyclic) bond motifs is 3. The van der Waals surface area contributed by atoms with E-state index in [1.165, 1.54) is 28.8 Å². The molecule has 0 aromatic heterocycles. The second-order valence-corrected chi connectivity index (χ2v) is 9.50. The minimum Gasteiger partial charge on any atom is -0.356 e. The van der Waals surface area contributed by atoms with Gasteiger partial charge in [0.2, 0.25) is 5.91 Å². The van der Waals surface area contributed by atoms with E-state index in [2.05, 4.69) is 10.3 Å². The van der Waals surface area contributed by atoms with Crippen molar-refractivity contribution in [3.63, 3.8) is 0 Å². The second-order valence-electron chi connectivity index (χ2n) is 8.56. The Kier molecular flexibility index (Phi) is 7.09. The number of non-ortho nitro benzene ring substituents is 1. The number of thioether (sulfide) groups is 1. The molecule has 37 heavy (non-hydrogen) atoms. The molecule has 0 spiro atoms. The maximum absolute atomic E-state index is 13.4. The minimum atomic E-state index is -0.831. The van der Waals surface area contributed by atoms with E-state index in [1.54, 1.807) is 12.1 Å². The van der Waals surface area contributed by atoms with Crippen molar-refractivity contribution in [2.45, 2.75) is 24.6 Å². The Morgan fingerprint density at radius 1 is 1.00 bits per heavy atom. The predicted octanol–water partition coefficient (Wildman–Crippen LogP) is 4.24. The molecular formula is C27H23N5O4S. The van der Waals surface area contributed by atoms with Crippen LogP contribution < -0.4 is 5.32 Å². The minimum absolute atomic E-state index is 0.0201. The lowest BCUT2D eigenvalue weighted by atomic mass is 10.1. The van der Waals surface area contributed by atoms with Crippen molar-refractivity contribution >= 4 is 46.0 Å². The van der Waals surface area contributed by atoms with Gasteiger partial charge in [-0.25, -0.2) is 9.89 Å². The Bertz CT molecular complexity index is 1410. The monoisotopic (exact) mass is 513 g/mol. The van der Waals surface area contributed by atoms with Crippen LogP contribution in [0.25, 0.3) is 0 Å². The lowest BCUT2D eigenvalue weighted by Crippen LogP contribution is -2.42. The van der Waals surface area contributed by atoms with Gasteiger partial charge in [0.05, 0.1) is 17.0 Å². The van der Waals surface area contributed by atoms with Crippen LogP contribution in [-0.2, 0) is 21.8 Å². The third-order valence-electron chi connectivity index (χ3n) is 6.02. The van der Waals surface area contributed by atoms with E-state index in [4.69, 9.17) is 4.99 Å². The van der Waals surface area contributed by atoms with Crippen molar-refractivity contribution in [3.05, 3.63) is 106 Å². The van der Waals surface area contributed by atoms with Gasteiger partial charge in [0.1, 0.15) is 11.9 Å². The molecule has 0 fully saturated rings. The number of hydrogen-bond donors (Lipinski definition) is 1. The highest BCUT2D eigenvalue weighted by molar-refractivity contribution is 8.13. The number of hydrogen-bond acceptors (Lipinski definition) is 7. The largest absolute Gasteiger partial charge is 0.356 e. The summed E-state index contributed by atoms with van der Waals surface area (Å²) in [5, 5.41) is 14.3. The molecule has 3 aromatic rings. The van der Waals surface area contributed by atoms with Gasteiger partial charge in [0, 0.05) is 30.0 Å². The molecule has 9 nitrogen and oxygen atoms in total. The van der Waals surface area contributed by atoms with E-state index in [1.807, 2.05) is 54.6 Å². The number of carbonyl (C=O) groups is 2. The number of amidine groups is 2. The van der Waals surface area contributed by atoms with Crippen LogP contribution in [0.3, 0.4) is 0 Å². The van der Waals surface area contributed by atoms with Crippen molar-refractivity contribution in [2.75, 3.05) is 6.54 Å². The highest BCUT2D eigenvalue weighted by Gasteiger charge is 2.42. The first-order valence-corrected chi connectivity index (χ1v) is 12.7. The first kappa shape index (κ1) is 24.4. The molecule has 1 N–H and O–H groups in total. The summed E-state index contributed by atoms with van der Waals surface area (Å²) in [6.07, 6.45) is 0.658. The molecule has 2 amide bonds. The summed E-state index contributed by atoms with van der Waals surface area (Å²) in [5.41, 5.74) is 3.44. The molecule has 2 aliphatic rings. The molecule has 10 heteroatoms. The topological polar surface area (TPSA) is 117 Å². The highest BCUT2D eigenvalue weighted by atomic mass is 32.2. The molecule has 5 rings (SSSR count). The normalized spacial score (nSPS) is 15.9. The lowest BCUT2D eigenvalue weighted by Gasteiger charge is -2.25. The molecule has 1 atom stereocenters. The fraction of sp³-hybridized carbons (Fsp3) is 0.185. The van der Waals surface area contributed by atoms with Crippen LogP contribution >= 0.6 is 11.8 Å². The average Bonchev–Trinajstić information content (AvgIpc) is 3.24. The van der Waals surface area contributed by atoms with E-state index in [9.17, 15) is 19.7 Å². The lowest BCUT2D eigenvalue weighted by molar-refractivity contribution is -0.384. The number of aliphatic imine (C=N–C) groups is 2. The van der Waals surface area contributed by atoms with Gasteiger partial charge in [0.25, 0.3) is 11.6 Å². The first-order valence-electron chi connectivity index (χ1n) is 11.8. The summed E-state index contributed by atoms with van der Waals surface area (Å²) in [7, 11) is 0. The smallest absolute Gasteiger partial charge is 0.269 e. The summed E-state index contributed by atoms with van der Waals surface area (Å²) in [6, 6.07) is 22.8. The van der Waals surface area contributed by atoms with Gasteiger partial charge < -0.3 is 5.32 Å². The second kappa shape index (κ2) is 10.8. The van der Waals surface area contributed by atoms with Crippen LogP contribution in [0.5, 0.6) is 0 Å². The summed E-state index contributed by atoms with van der Waals surface area (Å²) >= 11 is 1.34. The van der Waals surface area contributed by atoms with Crippen LogP contribution in [0.2, 0.25) is 0 Å². The van der Waals surface area contributed by atoms with E-state index in [-0.39, 0.29) is 23.9 Å². The van der Waals surface area contributed by atoms with Gasteiger partial charge in [-0.15, -0.1) is 0 Å². The maximum Gasteiger partial charge on any atom is 0.269 e. The Morgan fingerprint density at radius 3 is 2.49 bits per heavy atom. The molecule has 2 heterocycles. The maximum atomic E-state index is 13.4. The number of benzene rings is 3. The molecule has 0 unspecified atom stereocenters. The van der Waals surface area contributed by atoms with Crippen molar-refractivity contribution in [2.24, 2.45) is 9.98 Å². The molecule has 186 valence electrons. The van der Waals surface area contributed by atoms with Crippen molar-refractivity contribution in [3.8, 4) is 0 Å². The fourth-order valence-corrected chi connectivity index (χ4v) is 5.09. The number of nitrogens with one attached hydrogen (secondary N) is 1. The van der Waals surface area contributed by atoms with E-state index in [0.29, 0.717) is 35.4 Å². The van der Waals surface area contributed by atoms with Gasteiger partial charge in [-0.2, -0.15) is 0 Å². The third-order valence-corrected chi connectivity index (χ3v) is 7.03. The number of nitro benzene ring substituents is 1. The SMILES string of the molecule is O=C(C[C@@H]1N=C2c3ccccc3N=C(SCc3ccc([N+](=O)[O-])cc3)N2C1=O)NCCc1ccccc1. The van der Waals surface area contributed by atoms with Crippen molar-refractivity contribution in [1.82, 2.24) is 10.2 Å². The first-order chi connectivity index (χ1) is 18.0. The van der Waals surface area contributed by atoms with E-state index < -0.39 is 11.0 Å². The van der Waals surface area contributed by atoms with Crippen LogP contribution in [0.1, 0.15) is 23.1 Å². The number of rotatable bonds is 8. The van der Waals surface area contributed by atoms with Crippen molar-refractivity contribution in [1.29, 1.82) is 0 Å². The van der Waals surface area contributed by atoms with Gasteiger partial charge >= 0.3 is 0 Å². The van der Waals surface area contributed by atoms with E-state index in [0.717, 1.165) is 16.7 Å². The molecule has 0 saturated heterocycles. The number of amides is 2. The Balaban J connectivity index is 1.28. The van der Waals surface area contributed by atoms with Crippen LogP contribution in [-0.4, -0.2) is 45.2 Å². The molecule has 0 radical (unpaired) electrons. The van der Waals surface area contributed by atoms with Crippen LogP contribution in [0.4, 0.5) is 11.4 Å². The number of carbonyl (C=O) groups excluding carboxylic acids is 2. The van der Waals surface area contributed by atoms with Gasteiger partial charge in [-0.1, -0.05) is 66.4 Å². The molecule has 2 aliphatic heterocycles. The summed E-state index contributed by atoms with van der Waals surface area (Å²) in [4.78, 5) is 47.3.